The van der Waals surface area contributed by atoms with Crippen LogP contribution in [0.15, 0.2) is 47.1 Å². The zero-order chi connectivity index (χ0) is 11.5. The first-order valence-corrected chi connectivity index (χ1v) is 5.52. The molecular formula is C12H13N3S. The molecule has 2 rings (SSSR count). The van der Waals surface area contributed by atoms with E-state index < -0.39 is 0 Å². The van der Waals surface area contributed by atoms with Crippen LogP contribution in [0.5, 0.6) is 0 Å². The zero-order valence-electron chi connectivity index (χ0n) is 9.13. The third kappa shape index (κ3) is 2.02. The van der Waals surface area contributed by atoms with Gasteiger partial charge in [0.1, 0.15) is 0 Å². The molecule has 0 bridgehead atoms. The first-order chi connectivity index (χ1) is 7.72. The van der Waals surface area contributed by atoms with E-state index >= 15 is 0 Å². The minimum Gasteiger partial charge on any atom is -0.315 e. The molecule has 1 aromatic carbocycles. The summed E-state index contributed by atoms with van der Waals surface area (Å²) in [4.78, 5) is 1.96. The molecule has 0 amide bonds. The lowest BCUT2D eigenvalue weighted by molar-refractivity contribution is 0.380. The molecule has 1 aliphatic rings. The lowest BCUT2D eigenvalue weighted by atomic mass is 10.1. The van der Waals surface area contributed by atoms with E-state index in [2.05, 4.69) is 35.9 Å². The van der Waals surface area contributed by atoms with Crippen LogP contribution < -0.4 is 0 Å². The zero-order valence-corrected chi connectivity index (χ0v) is 9.94. The van der Waals surface area contributed by atoms with E-state index in [0.717, 1.165) is 5.56 Å². The molecule has 4 heteroatoms. The molecule has 82 valence electrons. The number of hydrogen-bond acceptors (Lipinski definition) is 2. The highest BCUT2D eigenvalue weighted by Gasteiger charge is 2.26. The molecule has 1 heterocycles. The maximum absolute atomic E-state index is 5.13. The van der Waals surface area contributed by atoms with Gasteiger partial charge in [0.25, 0.3) is 0 Å². The van der Waals surface area contributed by atoms with Crippen molar-refractivity contribution >= 4 is 17.3 Å². The average molecular weight is 231 g/mol. The highest BCUT2D eigenvalue weighted by Crippen LogP contribution is 2.28. The first kappa shape index (κ1) is 11.0. The molecule has 0 saturated heterocycles. The summed E-state index contributed by atoms with van der Waals surface area (Å²) in [6, 6.07) is 8.23. The second kappa shape index (κ2) is 4.53. The van der Waals surface area contributed by atoms with Gasteiger partial charge < -0.3 is 4.90 Å². The van der Waals surface area contributed by atoms with Crippen LogP contribution in [0.3, 0.4) is 0 Å². The Hall–Kier alpha value is -1.55. The number of thiocarbonyl (C=S) groups is 1. The lowest BCUT2D eigenvalue weighted by Crippen LogP contribution is -2.27. The van der Waals surface area contributed by atoms with Gasteiger partial charge in [-0.25, -0.2) is 0 Å². The van der Waals surface area contributed by atoms with E-state index in [4.69, 9.17) is 12.2 Å². The largest absolute Gasteiger partial charge is 0.315 e. The van der Waals surface area contributed by atoms with E-state index in [0.29, 0.717) is 11.7 Å². The highest BCUT2D eigenvalue weighted by atomic mass is 32.1. The minimum atomic E-state index is -0.0922. The van der Waals surface area contributed by atoms with E-state index in [1.54, 1.807) is 0 Å². The van der Waals surface area contributed by atoms with Crippen molar-refractivity contribution in [1.82, 2.24) is 4.90 Å². The van der Waals surface area contributed by atoms with E-state index in [1.165, 1.54) is 5.56 Å². The van der Waals surface area contributed by atoms with E-state index in [1.807, 2.05) is 23.1 Å². The van der Waals surface area contributed by atoms with Crippen molar-refractivity contribution < 1.29 is 0 Å². The van der Waals surface area contributed by atoms with Crippen LogP contribution in [0, 0.1) is 6.92 Å². The van der Waals surface area contributed by atoms with Crippen LogP contribution in [0.1, 0.15) is 17.3 Å². The Morgan fingerprint density at radius 2 is 2.38 bits per heavy atom. The molecule has 1 aromatic rings. The molecule has 1 unspecified atom stereocenters. The SMILES string of the molecule is C=CCN1C(=S)N=NC1c1cccc(C)c1. The molecule has 0 N–H and O–H groups in total. The number of benzene rings is 1. The molecule has 1 aliphatic heterocycles. The van der Waals surface area contributed by atoms with E-state index in [9.17, 15) is 0 Å². The fourth-order valence-corrected chi connectivity index (χ4v) is 1.94. The van der Waals surface area contributed by atoms with Gasteiger partial charge in [0.2, 0.25) is 5.11 Å². The third-order valence-corrected chi connectivity index (χ3v) is 2.78. The summed E-state index contributed by atoms with van der Waals surface area (Å²) in [5, 5.41) is 8.68. The fourth-order valence-electron chi connectivity index (χ4n) is 1.72. The van der Waals surface area contributed by atoms with Crippen LogP contribution in [0.4, 0.5) is 0 Å². The quantitative estimate of drug-likeness (QED) is 0.590. The second-order valence-electron chi connectivity index (χ2n) is 3.73. The summed E-state index contributed by atoms with van der Waals surface area (Å²) in [5.74, 6) is 0. The standard InChI is InChI=1S/C12H13N3S/c1-3-7-15-11(13-14-12(15)16)10-6-4-5-9(2)8-10/h3-6,8,11H,1,7H2,2H3. The molecule has 16 heavy (non-hydrogen) atoms. The summed E-state index contributed by atoms with van der Waals surface area (Å²) in [7, 11) is 0. The molecule has 0 radical (unpaired) electrons. The summed E-state index contributed by atoms with van der Waals surface area (Å²) >= 11 is 5.13. The van der Waals surface area contributed by atoms with E-state index in [-0.39, 0.29) is 6.17 Å². The van der Waals surface area contributed by atoms with Crippen LogP contribution >= 0.6 is 12.2 Å². The Bertz CT molecular complexity index is 453. The molecule has 3 nitrogen and oxygen atoms in total. The Morgan fingerprint density at radius 1 is 1.56 bits per heavy atom. The molecular weight excluding hydrogens is 218 g/mol. The Balaban J connectivity index is 2.29. The Morgan fingerprint density at radius 3 is 3.06 bits per heavy atom. The fraction of sp³-hybridized carbons (Fsp3) is 0.250. The van der Waals surface area contributed by atoms with Gasteiger partial charge in [-0.1, -0.05) is 35.9 Å². The van der Waals surface area contributed by atoms with Crippen LogP contribution in [-0.2, 0) is 0 Å². The van der Waals surface area contributed by atoms with Crippen molar-refractivity contribution in [3.8, 4) is 0 Å². The van der Waals surface area contributed by atoms with Crippen molar-refractivity contribution in [2.45, 2.75) is 13.1 Å². The molecule has 0 aromatic heterocycles. The van der Waals surface area contributed by atoms with Gasteiger partial charge >= 0.3 is 0 Å². The van der Waals surface area contributed by atoms with Gasteiger partial charge in [-0.2, -0.15) is 5.11 Å². The second-order valence-corrected chi connectivity index (χ2v) is 4.09. The number of azo groups is 1. The molecule has 1 atom stereocenters. The first-order valence-electron chi connectivity index (χ1n) is 5.11. The van der Waals surface area contributed by atoms with Crippen LogP contribution in [-0.4, -0.2) is 16.6 Å². The third-order valence-electron chi connectivity index (χ3n) is 2.46. The minimum absolute atomic E-state index is 0.0922. The molecule has 0 fully saturated rings. The average Bonchev–Trinajstić information content (AvgIpc) is 2.61. The smallest absolute Gasteiger partial charge is 0.218 e. The summed E-state index contributed by atoms with van der Waals surface area (Å²) in [6.07, 6.45) is 1.72. The van der Waals surface area contributed by atoms with Crippen molar-refractivity contribution in [2.75, 3.05) is 6.54 Å². The van der Waals surface area contributed by atoms with Crippen molar-refractivity contribution in [3.63, 3.8) is 0 Å². The number of aryl methyl sites for hydroxylation is 1. The monoisotopic (exact) mass is 231 g/mol. The maximum Gasteiger partial charge on any atom is 0.218 e. The molecule has 0 spiro atoms. The Kier molecular flexibility index (Phi) is 3.10. The van der Waals surface area contributed by atoms with Crippen LogP contribution in [0.25, 0.3) is 0 Å². The summed E-state index contributed by atoms with van der Waals surface area (Å²) in [5.41, 5.74) is 2.33. The summed E-state index contributed by atoms with van der Waals surface area (Å²) < 4.78 is 0. The molecule has 0 aliphatic carbocycles. The number of rotatable bonds is 3. The van der Waals surface area contributed by atoms with Crippen LogP contribution in [0.2, 0.25) is 0 Å². The topological polar surface area (TPSA) is 28.0 Å². The number of hydrogen-bond donors (Lipinski definition) is 0. The Labute approximate surface area is 100 Å². The predicted octanol–water partition coefficient (Wildman–Crippen LogP) is 3.23. The van der Waals surface area contributed by atoms with Crippen molar-refractivity contribution in [3.05, 3.63) is 48.0 Å². The highest BCUT2D eigenvalue weighted by molar-refractivity contribution is 7.80. The van der Waals surface area contributed by atoms with Gasteiger partial charge in [0, 0.05) is 6.54 Å². The maximum atomic E-state index is 5.13. The normalized spacial score (nSPS) is 19.2. The van der Waals surface area contributed by atoms with Gasteiger partial charge in [-0.05, 0) is 24.7 Å². The van der Waals surface area contributed by atoms with Gasteiger partial charge in [-0.15, -0.1) is 11.7 Å². The molecule has 0 saturated carbocycles. The number of nitrogens with zero attached hydrogens (tertiary/aromatic N) is 3. The lowest BCUT2D eigenvalue weighted by Gasteiger charge is -2.21. The van der Waals surface area contributed by atoms with Gasteiger partial charge in [-0.3, -0.25) is 0 Å². The van der Waals surface area contributed by atoms with Crippen molar-refractivity contribution in [1.29, 1.82) is 0 Å². The predicted molar refractivity (Wildman–Crippen MR) is 68.3 cm³/mol. The van der Waals surface area contributed by atoms with Crippen molar-refractivity contribution in [2.24, 2.45) is 10.2 Å². The summed E-state index contributed by atoms with van der Waals surface area (Å²) in [6.45, 7) is 6.45. The van der Waals surface area contributed by atoms with Gasteiger partial charge in [0.05, 0.1) is 0 Å². The van der Waals surface area contributed by atoms with Gasteiger partial charge in [0.15, 0.2) is 6.17 Å².